The molecule has 0 aliphatic carbocycles. The average molecular weight is 177 g/mol. The van der Waals surface area contributed by atoms with Crippen LogP contribution < -0.4 is 4.65 Å². The van der Waals surface area contributed by atoms with Crippen LogP contribution in [0.5, 0.6) is 5.75 Å². The van der Waals surface area contributed by atoms with E-state index in [0.29, 0.717) is 31.4 Å². The minimum atomic E-state index is 0.245. The van der Waals surface area contributed by atoms with Crippen molar-refractivity contribution in [1.29, 1.82) is 0 Å². The fourth-order valence-corrected chi connectivity index (χ4v) is 0.911. The summed E-state index contributed by atoms with van der Waals surface area (Å²) in [6, 6.07) is 4.24. The Morgan fingerprint density at radius 3 is 2.08 bits per heavy atom. The van der Waals surface area contributed by atoms with E-state index in [4.69, 9.17) is 5.02 Å². The molecule has 65 valence electrons. The Morgan fingerprint density at radius 1 is 1.15 bits per heavy atom. The molecular weight excluding hydrogens is 171 g/mol. The second-order valence-electron chi connectivity index (χ2n) is 2.29. The summed E-state index contributed by atoms with van der Waals surface area (Å²) in [7, 11) is 0.485. The normalized spacial score (nSPS) is 9.00. The maximum absolute atomic E-state index is 10.4. The van der Waals surface area contributed by atoms with Crippen LogP contribution in [0.2, 0.25) is 0 Å². The molecule has 1 aromatic carbocycles. The Hall–Kier alpha value is -1.62. The van der Waals surface area contributed by atoms with Gasteiger partial charge in [0.1, 0.15) is 18.3 Å². The molecule has 0 spiro atoms. The van der Waals surface area contributed by atoms with E-state index >= 15 is 0 Å². The Kier molecular flexibility index (Phi) is 3.22. The van der Waals surface area contributed by atoms with Gasteiger partial charge in [-0.1, -0.05) is 0 Å². The van der Waals surface area contributed by atoms with Crippen LogP contribution >= 0.6 is 0 Å². The molecular formula is C8H6BO4. The summed E-state index contributed by atoms with van der Waals surface area (Å²) in [5.74, 6) is 0.245. The molecule has 0 aliphatic heterocycles. The van der Waals surface area contributed by atoms with Gasteiger partial charge in [0.15, 0.2) is 0 Å². The van der Waals surface area contributed by atoms with E-state index in [1.165, 1.54) is 18.2 Å². The second kappa shape index (κ2) is 4.42. The second-order valence-corrected chi connectivity index (χ2v) is 2.29. The molecule has 1 aromatic rings. The summed E-state index contributed by atoms with van der Waals surface area (Å²) in [5.41, 5.74) is 0.642. The molecule has 0 aromatic heterocycles. The van der Waals surface area contributed by atoms with E-state index in [1.807, 2.05) is 0 Å². The van der Waals surface area contributed by atoms with Crippen LogP contribution in [-0.2, 0) is 0 Å². The lowest BCUT2D eigenvalue weighted by atomic mass is 10.1. The molecule has 0 amide bonds. The van der Waals surface area contributed by atoms with Gasteiger partial charge < -0.3 is 9.68 Å². The zero-order valence-electron chi connectivity index (χ0n) is 6.64. The molecule has 1 N–H and O–H groups in total. The van der Waals surface area contributed by atoms with Gasteiger partial charge in [-0.25, -0.2) is 0 Å². The number of carbonyl (C=O) groups is 2. The predicted octanol–water partition coefficient (Wildman–Crippen LogP) is 0.217. The lowest BCUT2D eigenvalue weighted by molar-refractivity contribution is 0.112. The molecule has 0 aliphatic rings. The van der Waals surface area contributed by atoms with Crippen molar-refractivity contribution in [2.24, 2.45) is 0 Å². The summed E-state index contributed by atoms with van der Waals surface area (Å²) in [5, 5.41) is 8.32. The highest BCUT2D eigenvalue weighted by molar-refractivity contribution is 6.17. The topological polar surface area (TPSA) is 63.6 Å². The fourth-order valence-electron chi connectivity index (χ4n) is 0.911. The van der Waals surface area contributed by atoms with Crippen molar-refractivity contribution in [3.63, 3.8) is 0 Å². The summed E-state index contributed by atoms with van der Waals surface area (Å²) in [6.07, 6.45) is 1.19. The van der Waals surface area contributed by atoms with Crippen molar-refractivity contribution in [3.05, 3.63) is 29.3 Å². The third-order valence-electron chi connectivity index (χ3n) is 1.41. The minimum absolute atomic E-state index is 0.245. The Bertz CT molecular complexity index is 298. The molecule has 0 saturated carbocycles. The summed E-state index contributed by atoms with van der Waals surface area (Å²) >= 11 is 0. The van der Waals surface area contributed by atoms with Crippen LogP contribution in [-0.4, -0.2) is 25.3 Å². The first kappa shape index (κ1) is 9.47. The van der Waals surface area contributed by atoms with Crippen LogP contribution in [0, 0.1) is 0 Å². The van der Waals surface area contributed by atoms with Gasteiger partial charge in [0, 0.05) is 11.1 Å². The van der Waals surface area contributed by atoms with Gasteiger partial charge in [-0.2, -0.15) is 0 Å². The highest BCUT2D eigenvalue weighted by Gasteiger charge is 2.00. The third-order valence-corrected chi connectivity index (χ3v) is 1.41. The predicted molar refractivity (Wildman–Crippen MR) is 45.8 cm³/mol. The highest BCUT2D eigenvalue weighted by atomic mass is 16.5. The molecule has 0 fully saturated rings. The molecule has 1 rings (SSSR count). The summed E-state index contributed by atoms with van der Waals surface area (Å²) < 4.78 is 4.60. The molecule has 0 atom stereocenters. The first-order chi connectivity index (χ1) is 6.30. The van der Waals surface area contributed by atoms with Crippen LogP contribution in [0.1, 0.15) is 20.7 Å². The molecule has 0 bridgehead atoms. The van der Waals surface area contributed by atoms with E-state index in [9.17, 15) is 9.59 Å². The number of carbonyl (C=O) groups excluding carboxylic acids is 2. The zero-order chi connectivity index (χ0) is 9.68. The van der Waals surface area contributed by atoms with Crippen LogP contribution in [0.25, 0.3) is 0 Å². The van der Waals surface area contributed by atoms with Crippen LogP contribution in [0.15, 0.2) is 18.2 Å². The quantitative estimate of drug-likeness (QED) is 0.527. The van der Waals surface area contributed by atoms with Gasteiger partial charge in [0.2, 0.25) is 0 Å². The molecule has 0 unspecified atom stereocenters. The first-order valence-electron chi connectivity index (χ1n) is 3.48. The molecule has 1 radical (unpaired) electrons. The number of hydrogen-bond donors (Lipinski definition) is 1. The molecule has 5 heteroatoms. The average Bonchev–Trinajstić information content (AvgIpc) is 2.17. The molecule has 13 heavy (non-hydrogen) atoms. The van der Waals surface area contributed by atoms with Crippen LogP contribution in [0.3, 0.4) is 0 Å². The van der Waals surface area contributed by atoms with Gasteiger partial charge in [0.05, 0.1) is 0 Å². The van der Waals surface area contributed by atoms with E-state index in [2.05, 4.69) is 4.65 Å². The number of aldehydes is 2. The van der Waals surface area contributed by atoms with Crippen molar-refractivity contribution in [2.75, 3.05) is 0 Å². The SMILES string of the molecule is O=Cc1cc(C=O)cc(O[B]O)c1. The first-order valence-corrected chi connectivity index (χ1v) is 3.48. The Labute approximate surface area is 75.4 Å². The van der Waals surface area contributed by atoms with Crippen molar-refractivity contribution < 1.29 is 19.3 Å². The van der Waals surface area contributed by atoms with E-state index < -0.39 is 0 Å². The maximum atomic E-state index is 10.4. The minimum Gasteiger partial charge on any atom is -0.537 e. The monoisotopic (exact) mass is 177 g/mol. The molecule has 0 heterocycles. The molecule has 0 saturated heterocycles. The van der Waals surface area contributed by atoms with E-state index in [1.54, 1.807) is 0 Å². The van der Waals surface area contributed by atoms with Crippen molar-refractivity contribution in [2.45, 2.75) is 0 Å². The van der Waals surface area contributed by atoms with Gasteiger partial charge >= 0.3 is 7.69 Å². The Morgan fingerprint density at radius 2 is 1.69 bits per heavy atom. The van der Waals surface area contributed by atoms with Crippen molar-refractivity contribution >= 4 is 20.3 Å². The van der Waals surface area contributed by atoms with E-state index in [-0.39, 0.29) is 5.75 Å². The lowest BCUT2D eigenvalue weighted by Crippen LogP contribution is -2.01. The van der Waals surface area contributed by atoms with Gasteiger partial charge in [-0.05, 0) is 18.2 Å². The number of rotatable bonds is 4. The third kappa shape index (κ3) is 2.42. The highest BCUT2D eigenvalue weighted by Crippen LogP contribution is 2.14. The molecule has 4 nitrogen and oxygen atoms in total. The smallest absolute Gasteiger partial charge is 0.537 e. The van der Waals surface area contributed by atoms with Gasteiger partial charge in [0.25, 0.3) is 0 Å². The van der Waals surface area contributed by atoms with Crippen LogP contribution in [0.4, 0.5) is 0 Å². The maximum Gasteiger partial charge on any atom is 0.569 e. The van der Waals surface area contributed by atoms with Crippen molar-refractivity contribution in [3.8, 4) is 5.75 Å². The Balaban J connectivity index is 3.06. The van der Waals surface area contributed by atoms with E-state index in [0.717, 1.165) is 0 Å². The van der Waals surface area contributed by atoms with Gasteiger partial charge in [-0.15, -0.1) is 0 Å². The number of benzene rings is 1. The standard InChI is InChI=1S/C8H6BO4/c10-4-6-1-7(5-11)3-8(2-6)13-9-12/h1-5,12H. The van der Waals surface area contributed by atoms with Gasteiger partial charge in [-0.3, -0.25) is 9.59 Å². The zero-order valence-corrected chi connectivity index (χ0v) is 6.64. The fraction of sp³-hybridized carbons (Fsp3) is 0. The lowest BCUT2D eigenvalue weighted by Gasteiger charge is -2.02. The summed E-state index contributed by atoms with van der Waals surface area (Å²) in [6.45, 7) is 0. The largest absolute Gasteiger partial charge is 0.569 e. The van der Waals surface area contributed by atoms with Crippen molar-refractivity contribution in [1.82, 2.24) is 0 Å². The summed E-state index contributed by atoms with van der Waals surface area (Å²) in [4.78, 5) is 20.8. The number of hydrogen-bond acceptors (Lipinski definition) is 4.